The van der Waals surface area contributed by atoms with E-state index >= 15 is 0 Å². The first-order valence-corrected chi connectivity index (χ1v) is 7.15. The van der Waals surface area contributed by atoms with Crippen molar-refractivity contribution in [3.05, 3.63) is 58.6 Å². The van der Waals surface area contributed by atoms with Gasteiger partial charge in [0.1, 0.15) is 5.75 Å². The number of anilines is 1. The number of halogens is 1. The highest BCUT2D eigenvalue weighted by molar-refractivity contribution is 6.30. The fourth-order valence-electron chi connectivity index (χ4n) is 1.96. The lowest BCUT2D eigenvalue weighted by Crippen LogP contribution is -2.12. The molecular formula is C17H16ClNO3. The van der Waals surface area contributed by atoms with Crippen molar-refractivity contribution in [2.24, 2.45) is 0 Å². The molecule has 0 aliphatic carbocycles. The Morgan fingerprint density at radius 2 is 1.82 bits per heavy atom. The van der Waals surface area contributed by atoms with E-state index in [-0.39, 0.29) is 18.3 Å². The number of hydrogen-bond acceptors (Lipinski definition) is 3. The van der Waals surface area contributed by atoms with Crippen molar-refractivity contribution in [3.8, 4) is 5.75 Å². The highest BCUT2D eigenvalue weighted by atomic mass is 35.5. The van der Waals surface area contributed by atoms with Crippen molar-refractivity contribution in [1.82, 2.24) is 0 Å². The van der Waals surface area contributed by atoms with Crippen LogP contribution in [0.25, 0.3) is 0 Å². The number of rotatable bonds is 4. The maximum absolute atomic E-state index is 12.0. The summed E-state index contributed by atoms with van der Waals surface area (Å²) in [7, 11) is 0. The zero-order valence-electron chi connectivity index (χ0n) is 12.4. The fraction of sp³-hybridized carbons (Fsp3) is 0.176. The molecular weight excluding hydrogens is 302 g/mol. The summed E-state index contributed by atoms with van der Waals surface area (Å²) in [6, 6.07) is 12.2. The van der Waals surface area contributed by atoms with Crippen molar-refractivity contribution in [1.29, 1.82) is 0 Å². The maximum Gasteiger partial charge on any atom is 0.315 e. The van der Waals surface area contributed by atoms with Crippen LogP contribution in [0.3, 0.4) is 0 Å². The summed E-state index contributed by atoms with van der Waals surface area (Å²) in [5, 5.41) is 3.27. The highest BCUT2D eigenvalue weighted by Gasteiger charge is 2.09. The van der Waals surface area contributed by atoms with Gasteiger partial charge in [0.2, 0.25) is 5.91 Å². The normalized spacial score (nSPS) is 10.1. The van der Waals surface area contributed by atoms with Gasteiger partial charge in [-0.15, -0.1) is 0 Å². The second-order valence-electron chi connectivity index (χ2n) is 4.94. The standard InChI is InChI=1S/C17H16ClNO3/c1-11-9-14(18)5-8-16(11)22-17(21)10-13-3-6-15(7-4-13)19-12(2)20/h3-9H,10H2,1-2H3,(H,19,20). The van der Waals surface area contributed by atoms with Crippen molar-refractivity contribution < 1.29 is 14.3 Å². The zero-order valence-corrected chi connectivity index (χ0v) is 13.1. The van der Waals surface area contributed by atoms with Crippen molar-refractivity contribution in [3.63, 3.8) is 0 Å². The molecule has 0 unspecified atom stereocenters. The van der Waals surface area contributed by atoms with E-state index < -0.39 is 0 Å². The Bertz CT molecular complexity index is 696. The van der Waals surface area contributed by atoms with E-state index in [1.165, 1.54) is 6.92 Å². The molecule has 114 valence electrons. The van der Waals surface area contributed by atoms with Gasteiger partial charge in [-0.3, -0.25) is 9.59 Å². The number of nitrogens with one attached hydrogen (secondary N) is 1. The number of aryl methyl sites for hydroxylation is 1. The van der Waals surface area contributed by atoms with E-state index in [1.807, 2.05) is 6.92 Å². The number of benzene rings is 2. The Morgan fingerprint density at radius 1 is 1.14 bits per heavy atom. The third-order valence-electron chi connectivity index (χ3n) is 2.98. The average Bonchev–Trinajstić information content (AvgIpc) is 2.43. The molecule has 2 aromatic carbocycles. The Hall–Kier alpha value is -2.33. The summed E-state index contributed by atoms with van der Waals surface area (Å²) >= 11 is 5.86. The van der Waals surface area contributed by atoms with Crippen molar-refractivity contribution in [2.75, 3.05) is 5.32 Å². The van der Waals surface area contributed by atoms with Gasteiger partial charge in [-0.1, -0.05) is 23.7 Å². The Balaban J connectivity index is 1.98. The summed E-state index contributed by atoms with van der Waals surface area (Å²) < 4.78 is 5.33. The van der Waals surface area contributed by atoms with Gasteiger partial charge in [0, 0.05) is 17.6 Å². The Kier molecular flexibility index (Phi) is 5.17. The number of hydrogen-bond donors (Lipinski definition) is 1. The van der Waals surface area contributed by atoms with E-state index in [4.69, 9.17) is 16.3 Å². The molecule has 0 bridgehead atoms. The lowest BCUT2D eigenvalue weighted by molar-refractivity contribution is -0.133. The van der Waals surface area contributed by atoms with Gasteiger partial charge < -0.3 is 10.1 Å². The molecule has 0 aliphatic rings. The number of ether oxygens (including phenoxy) is 1. The van der Waals surface area contributed by atoms with Crippen LogP contribution in [0.2, 0.25) is 5.02 Å². The first kappa shape index (κ1) is 16.0. The molecule has 0 atom stereocenters. The van der Waals surface area contributed by atoms with Crippen LogP contribution in [0.5, 0.6) is 5.75 Å². The first-order chi connectivity index (χ1) is 10.4. The third-order valence-corrected chi connectivity index (χ3v) is 3.22. The smallest absolute Gasteiger partial charge is 0.315 e. The Labute approximate surface area is 134 Å². The molecule has 0 aliphatic heterocycles. The minimum Gasteiger partial charge on any atom is -0.426 e. The van der Waals surface area contributed by atoms with Gasteiger partial charge in [0.25, 0.3) is 0 Å². The highest BCUT2D eigenvalue weighted by Crippen LogP contribution is 2.22. The Morgan fingerprint density at radius 3 is 2.41 bits per heavy atom. The van der Waals surface area contributed by atoms with E-state index in [2.05, 4.69) is 5.32 Å². The predicted octanol–water partition coefficient (Wildman–Crippen LogP) is 3.75. The van der Waals surface area contributed by atoms with Gasteiger partial charge >= 0.3 is 5.97 Å². The van der Waals surface area contributed by atoms with E-state index in [0.29, 0.717) is 16.5 Å². The molecule has 0 radical (unpaired) electrons. The molecule has 0 saturated carbocycles. The molecule has 0 aromatic heterocycles. The van der Waals surface area contributed by atoms with Crippen LogP contribution in [0, 0.1) is 6.92 Å². The molecule has 22 heavy (non-hydrogen) atoms. The zero-order chi connectivity index (χ0) is 16.1. The lowest BCUT2D eigenvalue weighted by atomic mass is 10.1. The van der Waals surface area contributed by atoms with Crippen molar-refractivity contribution >= 4 is 29.2 Å². The summed E-state index contributed by atoms with van der Waals surface area (Å²) in [5.41, 5.74) is 2.31. The van der Waals surface area contributed by atoms with Crippen LogP contribution in [-0.4, -0.2) is 11.9 Å². The molecule has 2 aromatic rings. The minimum atomic E-state index is -0.349. The van der Waals surface area contributed by atoms with Crippen LogP contribution in [0.15, 0.2) is 42.5 Å². The largest absolute Gasteiger partial charge is 0.426 e. The minimum absolute atomic E-state index is 0.134. The van der Waals surface area contributed by atoms with Gasteiger partial charge in [-0.2, -0.15) is 0 Å². The van der Waals surface area contributed by atoms with Gasteiger partial charge in [-0.25, -0.2) is 0 Å². The molecule has 2 rings (SSSR count). The molecule has 5 heteroatoms. The SMILES string of the molecule is CC(=O)Nc1ccc(CC(=O)Oc2ccc(Cl)cc2C)cc1. The summed E-state index contributed by atoms with van der Waals surface area (Å²) in [6.45, 7) is 3.27. The monoisotopic (exact) mass is 317 g/mol. The number of carbonyl (C=O) groups is 2. The number of carbonyl (C=O) groups excluding carboxylic acids is 2. The quantitative estimate of drug-likeness (QED) is 0.690. The number of amides is 1. The van der Waals surface area contributed by atoms with Gasteiger partial charge in [0.15, 0.2) is 0 Å². The molecule has 0 heterocycles. The molecule has 0 spiro atoms. The summed E-state index contributed by atoms with van der Waals surface area (Å²) in [6.07, 6.45) is 0.155. The third kappa shape index (κ3) is 4.60. The van der Waals surface area contributed by atoms with Crippen LogP contribution in [0.1, 0.15) is 18.1 Å². The maximum atomic E-state index is 12.0. The molecule has 1 amide bonds. The average molecular weight is 318 g/mol. The van der Waals surface area contributed by atoms with E-state index in [9.17, 15) is 9.59 Å². The molecule has 0 fully saturated rings. The summed E-state index contributed by atoms with van der Waals surface area (Å²) in [5.74, 6) is 0.0207. The lowest BCUT2D eigenvalue weighted by Gasteiger charge is -2.08. The van der Waals surface area contributed by atoms with Crippen LogP contribution in [-0.2, 0) is 16.0 Å². The fourth-order valence-corrected chi connectivity index (χ4v) is 2.19. The van der Waals surface area contributed by atoms with Crippen LogP contribution < -0.4 is 10.1 Å². The van der Waals surface area contributed by atoms with Crippen molar-refractivity contribution in [2.45, 2.75) is 20.3 Å². The topological polar surface area (TPSA) is 55.4 Å². The van der Waals surface area contributed by atoms with Gasteiger partial charge in [0.05, 0.1) is 6.42 Å². The van der Waals surface area contributed by atoms with Crippen LogP contribution >= 0.6 is 11.6 Å². The van der Waals surface area contributed by atoms with Crippen LogP contribution in [0.4, 0.5) is 5.69 Å². The molecule has 1 N–H and O–H groups in total. The second-order valence-corrected chi connectivity index (χ2v) is 5.38. The predicted molar refractivity (Wildman–Crippen MR) is 86.3 cm³/mol. The molecule has 4 nitrogen and oxygen atoms in total. The number of esters is 1. The second kappa shape index (κ2) is 7.09. The molecule has 0 saturated heterocycles. The van der Waals surface area contributed by atoms with Gasteiger partial charge in [-0.05, 0) is 48.4 Å². The van der Waals surface area contributed by atoms with E-state index in [1.54, 1.807) is 42.5 Å². The first-order valence-electron chi connectivity index (χ1n) is 6.77. The van der Waals surface area contributed by atoms with E-state index in [0.717, 1.165) is 11.1 Å². The summed E-state index contributed by atoms with van der Waals surface area (Å²) in [4.78, 5) is 22.9.